The van der Waals surface area contributed by atoms with Crippen molar-refractivity contribution in [2.24, 2.45) is 5.92 Å². The zero-order valence-corrected chi connectivity index (χ0v) is 19.2. The van der Waals surface area contributed by atoms with Crippen molar-refractivity contribution in [3.05, 3.63) is 24.3 Å². The normalized spacial score (nSPS) is 16.8. The summed E-state index contributed by atoms with van der Waals surface area (Å²) in [5, 5.41) is 0.582. The van der Waals surface area contributed by atoms with E-state index in [2.05, 4.69) is 4.98 Å². The second-order valence-corrected chi connectivity index (χ2v) is 9.48. The van der Waals surface area contributed by atoms with Crippen molar-refractivity contribution in [3.8, 4) is 0 Å². The van der Waals surface area contributed by atoms with Gasteiger partial charge in [0.05, 0.1) is 16.1 Å². The second-order valence-electron chi connectivity index (χ2n) is 8.48. The van der Waals surface area contributed by atoms with E-state index in [0.29, 0.717) is 31.1 Å². The molecular weight excluding hydrogens is 418 g/mol. The number of hydrogen-bond donors (Lipinski definition) is 0. The first-order valence-electron chi connectivity index (χ1n) is 10.5. The molecule has 2 heterocycles. The third kappa shape index (κ3) is 5.94. The maximum absolute atomic E-state index is 12.7. The molecule has 0 aliphatic carbocycles. The number of carbonyl (C=O) groups is 3. The van der Waals surface area contributed by atoms with Crippen LogP contribution in [0.2, 0.25) is 0 Å². The molecule has 0 spiro atoms. The molecule has 1 aliphatic heterocycles. The fraction of sp³-hybridized carbons (Fsp3) is 0.545. The monoisotopic (exact) mass is 447 g/mol. The Labute approximate surface area is 186 Å². The van der Waals surface area contributed by atoms with Crippen molar-refractivity contribution in [3.63, 3.8) is 0 Å². The van der Waals surface area contributed by atoms with Crippen molar-refractivity contribution < 1.29 is 23.9 Å². The van der Waals surface area contributed by atoms with Gasteiger partial charge in [-0.1, -0.05) is 23.5 Å². The molecule has 1 aromatic heterocycles. The fourth-order valence-corrected chi connectivity index (χ4v) is 4.43. The van der Waals surface area contributed by atoms with Gasteiger partial charge in [-0.15, -0.1) is 0 Å². The second kappa shape index (κ2) is 9.64. The van der Waals surface area contributed by atoms with Gasteiger partial charge in [0.25, 0.3) is 5.91 Å². The van der Waals surface area contributed by atoms with Gasteiger partial charge in [-0.05, 0) is 52.7 Å². The van der Waals surface area contributed by atoms with E-state index in [1.54, 1.807) is 20.8 Å². The van der Waals surface area contributed by atoms with Crippen LogP contribution in [0.25, 0.3) is 10.2 Å². The van der Waals surface area contributed by atoms with Crippen LogP contribution in [0.1, 0.15) is 40.5 Å². The van der Waals surface area contributed by atoms with Gasteiger partial charge >= 0.3 is 12.1 Å². The highest BCUT2D eigenvalue weighted by molar-refractivity contribution is 7.22. The Morgan fingerprint density at radius 3 is 2.68 bits per heavy atom. The average Bonchev–Trinajstić information content (AvgIpc) is 3.15. The number of anilines is 1. The third-order valence-corrected chi connectivity index (χ3v) is 5.93. The van der Waals surface area contributed by atoms with Crippen LogP contribution in [0.3, 0.4) is 0 Å². The average molecular weight is 448 g/mol. The summed E-state index contributed by atoms with van der Waals surface area (Å²) in [4.78, 5) is 45.1. The zero-order valence-electron chi connectivity index (χ0n) is 18.4. The Kier molecular flexibility index (Phi) is 7.15. The molecule has 2 amide bonds. The molecule has 1 aromatic carbocycles. The maximum Gasteiger partial charge on any atom is 0.410 e. The van der Waals surface area contributed by atoms with Crippen LogP contribution in [0.15, 0.2) is 24.3 Å². The predicted molar refractivity (Wildman–Crippen MR) is 119 cm³/mol. The number of amides is 2. The van der Waals surface area contributed by atoms with Gasteiger partial charge in [0.2, 0.25) is 0 Å². The van der Waals surface area contributed by atoms with Crippen molar-refractivity contribution >= 4 is 44.7 Å². The summed E-state index contributed by atoms with van der Waals surface area (Å²) in [6.07, 6.45) is 0.857. The maximum atomic E-state index is 12.7. The summed E-state index contributed by atoms with van der Waals surface area (Å²) in [5.41, 5.74) is 0.233. The van der Waals surface area contributed by atoms with E-state index >= 15 is 0 Å². The molecule has 2 aromatic rings. The lowest BCUT2D eigenvalue weighted by Crippen LogP contribution is -2.45. The van der Waals surface area contributed by atoms with Gasteiger partial charge in [-0.3, -0.25) is 14.5 Å². The Morgan fingerprint density at radius 1 is 1.26 bits per heavy atom. The summed E-state index contributed by atoms with van der Waals surface area (Å²) >= 11 is 1.42. The minimum absolute atomic E-state index is 0.233. The van der Waals surface area contributed by atoms with Crippen molar-refractivity contribution in [1.29, 1.82) is 0 Å². The van der Waals surface area contributed by atoms with Crippen LogP contribution in [0, 0.1) is 5.92 Å². The van der Waals surface area contributed by atoms with Crippen LogP contribution < -0.4 is 4.90 Å². The lowest BCUT2D eigenvalue weighted by atomic mass is 9.98. The molecule has 3 rings (SSSR count). The van der Waals surface area contributed by atoms with Crippen LogP contribution in [-0.4, -0.2) is 59.7 Å². The van der Waals surface area contributed by atoms with E-state index in [1.807, 2.05) is 31.2 Å². The lowest BCUT2D eigenvalue weighted by Gasteiger charge is -2.33. The van der Waals surface area contributed by atoms with Crippen LogP contribution in [0.5, 0.6) is 0 Å². The van der Waals surface area contributed by atoms with Gasteiger partial charge in [0, 0.05) is 19.6 Å². The summed E-state index contributed by atoms with van der Waals surface area (Å²) in [5.74, 6) is -1.26. The van der Waals surface area contributed by atoms with E-state index in [1.165, 1.54) is 21.1 Å². The molecule has 31 heavy (non-hydrogen) atoms. The van der Waals surface area contributed by atoms with Crippen LogP contribution in [-0.2, 0) is 19.1 Å². The summed E-state index contributed by atoms with van der Waals surface area (Å²) < 4.78 is 11.7. The third-order valence-electron chi connectivity index (χ3n) is 4.88. The Balaban J connectivity index is 1.56. The number of piperidine rings is 1. The number of para-hydroxylation sites is 1. The summed E-state index contributed by atoms with van der Waals surface area (Å²) in [6, 6.07) is 7.67. The van der Waals surface area contributed by atoms with Gasteiger partial charge in [0.15, 0.2) is 11.7 Å². The molecule has 1 fully saturated rings. The number of benzene rings is 1. The molecule has 1 aliphatic rings. The van der Waals surface area contributed by atoms with E-state index in [9.17, 15) is 14.4 Å². The SMILES string of the molecule is CCN(C(=O)COC(=O)C1CCCN(C(=O)OC(C)(C)C)C1)c1nc2ccccc2s1. The van der Waals surface area contributed by atoms with Crippen molar-refractivity contribution in [2.75, 3.05) is 31.1 Å². The number of likely N-dealkylation sites (N-methyl/N-ethyl adjacent to an activating group) is 1. The summed E-state index contributed by atoms with van der Waals surface area (Å²) in [6.45, 7) is 8.10. The molecular formula is C22H29N3O5S. The van der Waals surface area contributed by atoms with Gasteiger partial charge in [0.1, 0.15) is 5.60 Å². The highest BCUT2D eigenvalue weighted by Crippen LogP contribution is 2.28. The molecule has 0 N–H and O–H groups in total. The molecule has 1 saturated heterocycles. The van der Waals surface area contributed by atoms with E-state index in [0.717, 1.165) is 10.2 Å². The molecule has 1 atom stereocenters. The number of fused-ring (bicyclic) bond motifs is 1. The summed E-state index contributed by atoms with van der Waals surface area (Å²) in [7, 11) is 0. The number of nitrogens with zero attached hydrogens (tertiary/aromatic N) is 3. The van der Waals surface area contributed by atoms with Crippen molar-refractivity contribution in [2.45, 2.75) is 46.1 Å². The van der Waals surface area contributed by atoms with Crippen LogP contribution in [0.4, 0.5) is 9.93 Å². The number of thiazole rings is 1. The number of hydrogen-bond acceptors (Lipinski definition) is 7. The molecule has 0 saturated carbocycles. The van der Waals surface area contributed by atoms with Crippen molar-refractivity contribution in [1.82, 2.24) is 9.88 Å². The number of carbonyl (C=O) groups excluding carboxylic acids is 3. The molecule has 168 valence electrons. The first kappa shape index (κ1) is 23.0. The minimum Gasteiger partial charge on any atom is -0.455 e. The molecule has 0 bridgehead atoms. The fourth-order valence-electron chi connectivity index (χ4n) is 3.38. The molecule has 8 nitrogen and oxygen atoms in total. The van der Waals surface area contributed by atoms with E-state index < -0.39 is 23.6 Å². The number of likely N-dealkylation sites (tertiary alicyclic amines) is 1. The standard InChI is InChI=1S/C22H29N3O5S/c1-5-25(20-23-16-10-6-7-11-17(16)31-20)18(26)14-29-19(27)15-9-8-12-24(13-15)21(28)30-22(2,3)4/h6-7,10-11,15H,5,8-9,12-14H2,1-4H3. The minimum atomic E-state index is -0.596. The first-order valence-corrected chi connectivity index (χ1v) is 11.3. The molecule has 9 heteroatoms. The molecule has 0 radical (unpaired) electrons. The predicted octanol–water partition coefficient (Wildman–Crippen LogP) is 3.84. The van der Waals surface area contributed by atoms with E-state index in [4.69, 9.17) is 9.47 Å². The number of esters is 1. The molecule has 1 unspecified atom stereocenters. The van der Waals surface area contributed by atoms with Crippen LogP contribution >= 0.6 is 11.3 Å². The highest BCUT2D eigenvalue weighted by Gasteiger charge is 2.32. The smallest absolute Gasteiger partial charge is 0.410 e. The Hall–Kier alpha value is -2.68. The largest absolute Gasteiger partial charge is 0.455 e. The van der Waals surface area contributed by atoms with E-state index in [-0.39, 0.29) is 19.1 Å². The van der Waals surface area contributed by atoms with Gasteiger partial charge < -0.3 is 14.4 Å². The quantitative estimate of drug-likeness (QED) is 0.647. The van der Waals surface area contributed by atoms with Gasteiger partial charge in [-0.25, -0.2) is 9.78 Å². The Morgan fingerprint density at radius 2 is 2.00 bits per heavy atom. The lowest BCUT2D eigenvalue weighted by molar-refractivity contribution is -0.153. The number of ether oxygens (including phenoxy) is 2. The van der Waals surface area contributed by atoms with Gasteiger partial charge in [-0.2, -0.15) is 0 Å². The number of rotatable bonds is 5. The zero-order chi connectivity index (χ0) is 22.6. The first-order chi connectivity index (χ1) is 14.7. The number of aromatic nitrogens is 1. The topological polar surface area (TPSA) is 89.0 Å². The highest BCUT2D eigenvalue weighted by atomic mass is 32.1. The Bertz CT molecular complexity index is 919.